The average molecular weight is 224 g/mol. The Balaban J connectivity index is 2.42. The van der Waals surface area contributed by atoms with Gasteiger partial charge in [0.15, 0.2) is 0 Å². The maximum absolute atomic E-state index is 11.6. The molecule has 0 spiro atoms. The molecular formula is C14H24O2. The Morgan fingerprint density at radius 1 is 1.12 bits per heavy atom. The first kappa shape index (κ1) is 11.9. The van der Waals surface area contributed by atoms with Crippen LogP contribution in [0, 0.1) is 22.2 Å². The monoisotopic (exact) mass is 224 g/mol. The summed E-state index contributed by atoms with van der Waals surface area (Å²) < 4.78 is 0. The van der Waals surface area contributed by atoms with E-state index in [0.717, 1.165) is 19.3 Å². The minimum atomic E-state index is -0.588. The summed E-state index contributed by atoms with van der Waals surface area (Å²) in [5.41, 5.74) is -0.184. The number of carbonyl (C=O) groups is 1. The maximum Gasteiger partial charge on any atom is 0.309 e. The molecule has 2 saturated carbocycles. The van der Waals surface area contributed by atoms with Gasteiger partial charge < -0.3 is 5.11 Å². The molecule has 0 aromatic heterocycles. The molecule has 2 aliphatic carbocycles. The topological polar surface area (TPSA) is 37.3 Å². The molecule has 0 aliphatic heterocycles. The van der Waals surface area contributed by atoms with Crippen LogP contribution < -0.4 is 0 Å². The second-order valence-corrected chi connectivity index (χ2v) is 6.99. The summed E-state index contributed by atoms with van der Waals surface area (Å²) in [5.74, 6) is -0.00921. The molecule has 0 radical (unpaired) electrons. The molecule has 3 atom stereocenters. The zero-order valence-electron chi connectivity index (χ0n) is 11.0. The third-order valence-electron chi connectivity index (χ3n) is 5.90. The number of carboxylic acid groups (broad SMARTS) is 1. The van der Waals surface area contributed by atoms with Crippen molar-refractivity contribution in [1.82, 2.24) is 0 Å². The van der Waals surface area contributed by atoms with E-state index in [9.17, 15) is 9.90 Å². The first-order valence-corrected chi connectivity index (χ1v) is 6.47. The molecule has 0 aromatic carbocycles. The quantitative estimate of drug-likeness (QED) is 0.737. The molecule has 92 valence electrons. The van der Waals surface area contributed by atoms with E-state index >= 15 is 0 Å². The molecule has 2 rings (SSSR count). The summed E-state index contributed by atoms with van der Waals surface area (Å²) in [6.07, 6.45) is 5.47. The lowest BCUT2D eigenvalue weighted by atomic mass is 9.52. The molecule has 2 heteroatoms. The Hall–Kier alpha value is -0.530. The van der Waals surface area contributed by atoms with E-state index in [0.29, 0.717) is 11.3 Å². The fraction of sp³-hybridized carbons (Fsp3) is 0.929. The lowest BCUT2D eigenvalue weighted by Gasteiger charge is -2.52. The van der Waals surface area contributed by atoms with Crippen molar-refractivity contribution in [3.05, 3.63) is 0 Å². The van der Waals surface area contributed by atoms with Crippen LogP contribution in [0.1, 0.15) is 59.8 Å². The molecule has 16 heavy (non-hydrogen) atoms. The Kier molecular flexibility index (Phi) is 2.42. The van der Waals surface area contributed by atoms with Crippen molar-refractivity contribution in [2.45, 2.75) is 59.8 Å². The van der Waals surface area contributed by atoms with E-state index in [1.165, 1.54) is 12.8 Å². The van der Waals surface area contributed by atoms with E-state index in [1.54, 1.807) is 0 Å². The molecule has 0 aromatic rings. The Morgan fingerprint density at radius 2 is 1.75 bits per heavy atom. The fourth-order valence-electron chi connectivity index (χ4n) is 4.56. The van der Waals surface area contributed by atoms with Gasteiger partial charge in [0.2, 0.25) is 0 Å². The Labute approximate surface area is 98.4 Å². The highest BCUT2D eigenvalue weighted by atomic mass is 16.4. The first-order chi connectivity index (χ1) is 7.24. The van der Waals surface area contributed by atoms with Gasteiger partial charge in [0, 0.05) is 0 Å². The van der Waals surface area contributed by atoms with Crippen LogP contribution in [0.15, 0.2) is 0 Å². The van der Waals surface area contributed by atoms with Crippen LogP contribution in [0.4, 0.5) is 0 Å². The predicted molar refractivity (Wildman–Crippen MR) is 64.2 cm³/mol. The number of fused-ring (bicyclic) bond motifs is 1. The molecular weight excluding hydrogens is 200 g/mol. The largest absolute Gasteiger partial charge is 0.481 e. The van der Waals surface area contributed by atoms with Crippen molar-refractivity contribution < 1.29 is 9.90 Å². The van der Waals surface area contributed by atoms with Gasteiger partial charge in [-0.05, 0) is 49.4 Å². The molecule has 0 heterocycles. The van der Waals surface area contributed by atoms with E-state index in [4.69, 9.17) is 0 Å². The van der Waals surface area contributed by atoms with Gasteiger partial charge in [-0.15, -0.1) is 0 Å². The molecule has 0 amide bonds. The van der Waals surface area contributed by atoms with Crippen LogP contribution >= 0.6 is 0 Å². The molecule has 1 N–H and O–H groups in total. The van der Waals surface area contributed by atoms with Gasteiger partial charge in [-0.3, -0.25) is 4.79 Å². The maximum atomic E-state index is 11.6. The first-order valence-electron chi connectivity index (χ1n) is 6.47. The van der Waals surface area contributed by atoms with Gasteiger partial charge in [-0.2, -0.15) is 0 Å². The lowest BCUT2D eigenvalue weighted by Crippen LogP contribution is -2.48. The summed E-state index contributed by atoms with van der Waals surface area (Å²) in [5, 5.41) is 9.55. The zero-order chi connectivity index (χ0) is 12.2. The molecule has 3 unspecified atom stereocenters. The van der Waals surface area contributed by atoms with Crippen LogP contribution in [0.3, 0.4) is 0 Å². The summed E-state index contributed by atoms with van der Waals surface area (Å²) in [6.45, 7) is 8.84. The Bertz CT molecular complexity index is 321. The summed E-state index contributed by atoms with van der Waals surface area (Å²) in [4.78, 5) is 11.6. The number of rotatable bonds is 1. The Morgan fingerprint density at radius 3 is 2.31 bits per heavy atom. The smallest absolute Gasteiger partial charge is 0.309 e. The van der Waals surface area contributed by atoms with E-state index in [-0.39, 0.29) is 5.41 Å². The van der Waals surface area contributed by atoms with E-state index < -0.39 is 11.4 Å². The minimum absolute atomic E-state index is 0.000579. The number of carboxylic acids is 1. The van der Waals surface area contributed by atoms with E-state index in [2.05, 4.69) is 20.8 Å². The highest BCUT2D eigenvalue weighted by Gasteiger charge is 2.62. The number of hydrogen-bond acceptors (Lipinski definition) is 1. The van der Waals surface area contributed by atoms with Crippen molar-refractivity contribution in [2.24, 2.45) is 22.2 Å². The van der Waals surface area contributed by atoms with Gasteiger partial charge in [-0.1, -0.05) is 27.2 Å². The van der Waals surface area contributed by atoms with Gasteiger partial charge >= 0.3 is 5.97 Å². The molecule has 0 saturated heterocycles. The SMILES string of the molecule is CC1(C)CCCC2(C)C1CCC2(C)C(=O)O. The van der Waals surface area contributed by atoms with Crippen LogP contribution in [-0.2, 0) is 4.79 Å². The number of aliphatic carboxylic acids is 1. The highest BCUT2D eigenvalue weighted by Crippen LogP contribution is 2.66. The normalized spacial score (nSPS) is 46.4. The van der Waals surface area contributed by atoms with Crippen molar-refractivity contribution in [1.29, 1.82) is 0 Å². The van der Waals surface area contributed by atoms with Crippen LogP contribution in [-0.4, -0.2) is 11.1 Å². The molecule has 2 nitrogen and oxygen atoms in total. The standard InChI is InChI=1S/C14H24O2/c1-12(2)7-5-8-13(3)10(12)6-9-14(13,4)11(15)16/h10H,5-9H2,1-4H3,(H,15,16). The van der Waals surface area contributed by atoms with Crippen molar-refractivity contribution in [3.63, 3.8) is 0 Å². The summed E-state index contributed by atoms with van der Waals surface area (Å²) >= 11 is 0. The lowest BCUT2D eigenvalue weighted by molar-refractivity contribution is -0.159. The average Bonchev–Trinajstić information content (AvgIpc) is 2.41. The molecule has 0 bridgehead atoms. The molecule has 2 fully saturated rings. The van der Waals surface area contributed by atoms with Crippen molar-refractivity contribution in [2.75, 3.05) is 0 Å². The summed E-state index contributed by atoms with van der Waals surface area (Å²) in [6, 6.07) is 0. The van der Waals surface area contributed by atoms with E-state index in [1.807, 2.05) is 6.92 Å². The third kappa shape index (κ3) is 1.28. The fourth-order valence-corrected chi connectivity index (χ4v) is 4.56. The second kappa shape index (κ2) is 3.24. The minimum Gasteiger partial charge on any atom is -0.481 e. The van der Waals surface area contributed by atoms with Crippen LogP contribution in [0.2, 0.25) is 0 Å². The zero-order valence-corrected chi connectivity index (χ0v) is 11.0. The summed E-state index contributed by atoms with van der Waals surface area (Å²) in [7, 11) is 0. The highest BCUT2D eigenvalue weighted by molar-refractivity contribution is 5.76. The molecule has 2 aliphatic rings. The predicted octanol–water partition coefficient (Wildman–Crippen LogP) is 3.70. The third-order valence-corrected chi connectivity index (χ3v) is 5.90. The van der Waals surface area contributed by atoms with Crippen molar-refractivity contribution in [3.8, 4) is 0 Å². The van der Waals surface area contributed by atoms with Gasteiger partial charge in [-0.25, -0.2) is 0 Å². The van der Waals surface area contributed by atoms with Crippen LogP contribution in [0.25, 0.3) is 0 Å². The van der Waals surface area contributed by atoms with Gasteiger partial charge in [0.1, 0.15) is 0 Å². The van der Waals surface area contributed by atoms with Gasteiger partial charge in [0.05, 0.1) is 5.41 Å². The second-order valence-electron chi connectivity index (χ2n) is 6.99. The van der Waals surface area contributed by atoms with Gasteiger partial charge in [0.25, 0.3) is 0 Å². The van der Waals surface area contributed by atoms with Crippen LogP contribution in [0.5, 0.6) is 0 Å². The van der Waals surface area contributed by atoms with Crippen molar-refractivity contribution >= 4 is 5.97 Å². The number of hydrogen-bond donors (Lipinski definition) is 1.